The van der Waals surface area contributed by atoms with Crippen LogP contribution in [-0.4, -0.2) is 25.9 Å². The summed E-state index contributed by atoms with van der Waals surface area (Å²) in [7, 11) is 0. The number of rotatable bonds is 8. The third kappa shape index (κ3) is 5.80. The van der Waals surface area contributed by atoms with Crippen LogP contribution in [0.3, 0.4) is 0 Å². The summed E-state index contributed by atoms with van der Waals surface area (Å²) in [5, 5.41) is 0. The third-order valence-electron chi connectivity index (χ3n) is 3.34. The van der Waals surface area contributed by atoms with Crippen molar-refractivity contribution < 1.29 is 14.2 Å². The molecule has 0 saturated heterocycles. The van der Waals surface area contributed by atoms with Gasteiger partial charge in [-0.1, -0.05) is 24.6 Å². The number of fused-ring (bicyclic) bond motifs is 1. The predicted molar refractivity (Wildman–Crippen MR) is 86.0 cm³/mol. The van der Waals surface area contributed by atoms with Crippen LogP contribution >= 0.6 is 0 Å². The molecule has 0 atom stereocenters. The van der Waals surface area contributed by atoms with E-state index in [1.54, 1.807) is 0 Å². The molecule has 0 saturated carbocycles. The van der Waals surface area contributed by atoms with Crippen molar-refractivity contribution in [2.45, 2.75) is 45.6 Å². The Kier molecular flexibility index (Phi) is 6.61. The van der Waals surface area contributed by atoms with Crippen molar-refractivity contribution in [1.29, 1.82) is 0 Å². The topological polar surface area (TPSA) is 27.7 Å². The largest absolute Gasteiger partial charge is 0.486 e. The van der Waals surface area contributed by atoms with Gasteiger partial charge in [0.05, 0.1) is 6.10 Å². The Morgan fingerprint density at radius 1 is 1.10 bits per heavy atom. The SMILES string of the molecule is CC(C)OCCCCCC=Cc1ccc2c(c1)OCCO2. The van der Waals surface area contributed by atoms with E-state index in [0.717, 1.165) is 30.9 Å². The summed E-state index contributed by atoms with van der Waals surface area (Å²) >= 11 is 0. The summed E-state index contributed by atoms with van der Waals surface area (Å²) in [5.41, 5.74) is 1.17. The van der Waals surface area contributed by atoms with Crippen LogP contribution < -0.4 is 9.47 Å². The van der Waals surface area contributed by atoms with E-state index in [1.165, 1.54) is 18.4 Å². The highest BCUT2D eigenvalue weighted by molar-refractivity contribution is 5.56. The van der Waals surface area contributed by atoms with E-state index in [2.05, 4.69) is 32.1 Å². The lowest BCUT2D eigenvalue weighted by Gasteiger charge is -2.18. The molecular formula is C18H26O3. The molecule has 3 heteroatoms. The van der Waals surface area contributed by atoms with Crippen LogP contribution in [0.15, 0.2) is 24.3 Å². The number of ether oxygens (including phenoxy) is 3. The van der Waals surface area contributed by atoms with Crippen LogP contribution in [-0.2, 0) is 4.74 Å². The molecule has 21 heavy (non-hydrogen) atoms. The van der Waals surface area contributed by atoms with Crippen molar-refractivity contribution in [3.05, 3.63) is 29.8 Å². The highest BCUT2D eigenvalue weighted by Gasteiger charge is 2.10. The van der Waals surface area contributed by atoms with E-state index in [0.29, 0.717) is 19.3 Å². The highest BCUT2D eigenvalue weighted by atomic mass is 16.6. The molecule has 2 rings (SSSR count). The summed E-state index contributed by atoms with van der Waals surface area (Å²) in [5.74, 6) is 1.71. The van der Waals surface area contributed by atoms with Crippen molar-refractivity contribution >= 4 is 6.08 Å². The number of hydrogen-bond acceptors (Lipinski definition) is 3. The number of unbranched alkanes of at least 4 members (excludes halogenated alkanes) is 3. The van der Waals surface area contributed by atoms with E-state index in [9.17, 15) is 0 Å². The molecule has 3 nitrogen and oxygen atoms in total. The minimum atomic E-state index is 0.347. The molecular weight excluding hydrogens is 264 g/mol. The van der Waals surface area contributed by atoms with Gasteiger partial charge in [0.15, 0.2) is 11.5 Å². The van der Waals surface area contributed by atoms with Crippen molar-refractivity contribution in [2.75, 3.05) is 19.8 Å². The molecule has 0 spiro atoms. The minimum Gasteiger partial charge on any atom is -0.486 e. The van der Waals surface area contributed by atoms with Crippen molar-refractivity contribution in [3.63, 3.8) is 0 Å². The van der Waals surface area contributed by atoms with E-state index >= 15 is 0 Å². The van der Waals surface area contributed by atoms with E-state index in [1.807, 2.05) is 12.1 Å². The summed E-state index contributed by atoms with van der Waals surface area (Å²) in [6, 6.07) is 6.10. The Labute approximate surface area is 127 Å². The molecule has 0 amide bonds. The molecule has 0 aliphatic carbocycles. The third-order valence-corrected chi connectivity index (χ3v) is 3.34. The number of allylic oxidation sites excluding steroid dienone is 1. The molecule has 0 aromatic heterocycles. The molecule has 1 heterocycles. The first-order chi connectivity index (χ1) is 10.3. The van der Waals surface area contributed by atoms with Crippen LogP contribution in [0.4, 0.5) is 0 Å². The molecule has 1 aromatic rings. The Morgan fingerprint density at radius 3 is 2.71 bits per heavy atom. The fraction of sp³-hybridized carbons (Fsp3) is 0.556. The van der Waals surface area contributed by atoms with E-state index in [4.69, 9.17) is 14.2 Å². The van der Waals surface area contributed by atoms with Crippen LogP contribution in [0.1, 0.15) is 45.1 Å². The number of benzene rings is 1. The maximum absolute atomic E-state index is 5.58. The Bertz CT molecular complexity index is 452. The molecule has 1 aliphatic rings. The van der Waals surface area contributed by atoms with Crippen molar-refractivity contribution in [1.82, 2.24) is 0 Å². The molecule has 0 N–H and O–H groups in total. The van der Waals surface area contributed by atoms with Gasteiger partial charge in [0.1, 0.15) is 13.2 Å². The highest BCUT2D eigenvalue weighted by Crippen LogP contribution is 2.31. The first-order valence-electron chi connectivity index (χ1n) is 7.93. The molecule has 0 radical (unpaired) electrons. The fourth-order valence-corrected chi connectivity index (χ4v) is 2.24. The zero-order valence-electron chi connectivity index (χ0n) is 13.1. The second kappa shape index (κ2) is 8.73. The normalized spacial score (nSPS) is 14.0. The zero-order chi connectivity index (χ0) is 14.9. The van der Waals surface area contributed by atoms with Crippen LogP contribution in [0.25, 0.3) is 6.08 Å². The predicted octanol–water partition coefficient (Wildman–Crippen LogP) is 4.46. The first kappa shape index (κ1) is 15.9. The van der Waals surface area contributed by atoms with Gasteiger partial charge in [-0.2, -0.15) is 0 Å². The van der Waals surface area contributed by atoms with Gasteiger partial charge in [-0.15, -0.1) is 0 Å². The van der Waals surface area contributed by atoms with Crippen LogP contribution in [0, 0.1) is 0 Å². The van der Waals surface area contributed by atoms with Gasteiger partial charge in [0.25, 0.3) is 0 Å². The summed E-state index contributed by atoms with van der Waals surface area (Å²) in [6.07, 6.45) is 9.42. The van der Waals surface area contributed by atoms with Gasteiger partial charge in [-0.3, -0.25) is 0 Å². The first-order valence-corrected chi connectivity index (χ1v) is 7.93. The molecule has 0 bridgehead atoms. The fourth-order valence-electron chi connectivity index (χ4n) is 2.24. The van der Waals surface area contributed by atoms with E-state index in [-0.39, 0.29) is 0 Å². The standard InChI is InChI=1S/C18H26O3/c1-15(2)19-11-7-5-3-4-6-8-16-9-10-17-18(14-16)21-13-12-20-17/h6,8-10,14-15H,3-5,7,11-13H2,1-2H3. The van der Waals surface area contributed by atoms with E-state index < -0.39 is 0 Å². The van der Waals surface area contributed by atoms with Gasteiger partial charge < -0.3 is 14.2 Å². The number of hydrogen-bond donors (Lipinski definition) is 0. The van der Waals surface area contributed by atoms with Gasteiger partial charge in [-0.05, 0) is 50.8 Å². The van der Waals surface area contributed by atoms with Gasteiger partial charge in [0.2, 0.25) is 0 Å². The Balaban J connectivity index is 1.65. The Morgan fingerprint density at radius 2 is 1.90 bits per heavy atom. The summed E-state index contributed by atoms with van der Waals surface area (Å²) in [6.45, 7) is 6.32. The van der Waals surface area contributed by atoms with Crippen molar-refractivity contribution in [3.8, 4) is 11.5 Å². The van der Waals surface area contributed by atoms with Gasteiger partial charge in [0, 0.05) is 6.61 Å². The molecule has 1 aromatic carbocycles. The Hall–Kier alpha value is -1.48. The molecule has 1 aliphatic heterocycles. The van der Waals surface area contributed by atoms with Crippen molar-refractivity contribution in [2.24, 2.45) is 0 Å². The lowest BCUT2D eigenvalue weighted by atomic mass is 10.1. The lowest BCUT2D eigenvalue weighted by molar-refractivity contribution is 0.0758. The minimum absolute atomic E-state index is 0.347. The summed E-state index contributed by atoms with van der Waals surface area (Å²) in [4.78, 5) is 0. The zero-order valence-corrected chi connectivity index (χ0v) is 13.1. The lowest BCUT2D eigenvalue weighted by Crippen LogP contribution is -2.15. The van der Waals surface area contributed by atoms with Gasteiger partial charge in [-0.25, -0.2) is 0 Å². The quantitative estimate of drug-likeness (QED) is 0.662. The maximum Gasteiger partial charge on any atom is 0.161 e. The van der Waals surface area contributed by atoms with Crippen LogP contribution in [0.5, 0.6) is 11.5 Å². The maximum atomic E-state index is 5.58. The molecule has 116 valence electrons. The monoisotopic (exact) mass is 290 g/mol. The smallest absolute Gasteiger partial charge is 0.161 e. The second-order valence-electron chi connectivity index (χ2n) is 5.57. The average molecular weight is 290 g/mol. The van der Waals surface area contributed by atoms with Crippen LogP contribution in [0.2, 0.25) is 0 Å². The molecule has 0 fully saturated rings. The second-order valence-corrected chi connectivity index (χ2v) is 5.57. The summed E-state index contributed by atoms with van der Waals surface area (Å²) < 4.78 is 16.6. The average Bonchev–Trinajstić information content (AvgIpc) is 2.49. The molecule has 0 unspecified atom stereocenters. The van der Waals surface area contributed by atoms with Gasteiger partial charge >= 0.3 is 0 Å².